The number of carbonyl (C=O) groups excluding carboxylic acids is 2. The van der Waals surface area contributed by atoms with Crippen molar-refractivity contribution in [2.75, 3.05) is 26.2 Å². The van der Waals surface area contributed by atoms with E-state index in [1.54, 1.807) is 6.21 Å². The number of nitrogens with zero attached hydrogens (tertiary/aromatic N) is 3. The highest BCUT2D eigenvalue weighted by Crippen LogP contribution is 2.34. The molecule has 0 aromatic heterocycles. The van der Waals surface area contributed by atoms with Gasteiger partial charge in [-0.2, -0.15) is 0 Å². The molecular formula is C28H34N4O2. The van der Waals surface area contributed by atoms with Crippen LogP contribution in [0.2, 0.25) is 0 Å². The normalized spacial score (nSPS) is 15.3. The highest BCUT2D eigenvalue weighted by Gasteiger charge is 2.23. The van der Waals surface area contributed by atoms with Crippen LogP contribution in [0.1, 0.15) is 61.9 Å². The Kier molecular flexibility index (Phi) is 7.46. The average Bonchev–Trinajstić information content (AvgIpc) is 3.35. The van der Waals surface area contributed by atoms with Gasteiger partial charge in [-0.3, -0.25) is 14.6 Å². The van der Waals surface area contributed by atoms with Crippen LogP contribution in [0.4, 0.5) is 5.69 Å². The largest absolute Gasteiger partial charge is 0.398 e. The zero-order valence-corrected chi connectivity index (χ0v) is 20.2. The minimum Gasteiger partial charge on any atom is -0.398 e. The first-order valence-electron chi connectivity index (χ1n) is 12.4. The SMILES string of the molecule is CCCN(CCC)C(=O)C1=C(N)c2ccc(-c3ccc(C(=O)N4CCCC4)cc3)cc2N=CC1. The predicted molar refractivity (Wildman–Crippen MR) is 138 cm³/mol. The molecule has 6 heteroatoms. The molecule has 34 heavy (non-hydrogen) atoms. The molecule has 0 saturated carbocycles. The van der Waals surface area contributed by atoms with Crippen LogP contribution in [-0.2, 0) is 4.79 Å². The monoisotopic (exact) mass is 458 g/mol. The Morgan fingerprint density at radius 2 is 1.62 bits per heavy atom. The lowest BCUT2D eigenvalue weighted by Gasteiger charge is -2.23. The third kappa shape index (κ3) is 4.91. The third-order valence-electron chi connectivity index (χ3n) is 6.53. The van der Waals surface area contributed by atoms with Gasteiger partial charge in [-0.1, -0.05) is 38.1 Å². The quantitative estimate of drug-likeness (QED) is 0.633. The van der Waals surface area contributed by atoms with Gasteiger partial charge in [0, 0.05) is 55.5 Å². The Balaban J connectivity index is 1.59. The van der Waals surface area contributed by atoms with Crippen LogP contribution in [-0.4, -0.2) is 54.0 Å². The van der Waals surface area contributed by atoms with Crippen molar-refractivity contribution < 1.29 is 9.59 Å². The number of amides is 2. The standard InChI is InChI=1S/C28H34N4O2/c1-3-15-31(16-4-2)28(34)24-13-14-30-25-19-22(11-12-23(25)26(24)29)20-7-9-21(10-8-20)27(33)32-17-5-6-18-32/h7-12,14,19H,3-6,13,15-18,29H2,1-2H3. The van der Waals surface area contributed by atoms with Crippen LogP contribution in [0.25, 0.3) is 16.8 Å². The van der Waals surface area contributed by atoms with Crippen molar-refractivity contribution in [3.8, 4) is 11.1 Å². The lowest BCUT2D eigenvalue weighted by molar-refractivity contribution is -0.127. The van der Waals surface area contributed by atoms with E-state index < -0.39 is 0 Å². The molecule has 4 rings (SSSR count). The fraction of sp³-hybridized carbons (Fsp3) is 0.393. The van der Waals surface area contributed by atoms with Gasteiger partial charge in [0.15, 0.2) is 0 Å². The van der Waals surface area contributed by atoms with Crippen molar-refractivity contribution in [2.45, 2.75) is 46.0 Å². The summed E-state index contributed by atoms with van der Waals surface area (Å²) < 4.78 is 0. The third-order valence-corrected chi connectivity index (χ3v) is 6.53. The van der Waals surface area contributed by atoms with Crippen molar-refractivity contribution in [2.24, 2.45) is 10.7 Å². The van der Waals surface area contributed by atoms with Gasteiger partial charge in [0.05, 0.1) is 11.4 Å². The Hall–Kier alpha value is -3.41. The van der Waals surface area contributed by atoms with Gasteiger partial charge in [0.2, 0.25) is 0 Å². The minimum atomic E-state index is 0.00262. The highest BCUT2D eigenvalue weighted by molar-refractivity contribution is 6.05. The van der Waals surface area contributed by atoms with Crippen LogP contribution in [0.5, 0.6) is 0 Å². The lowest BCUT2D eigenvalue weighted by Crippen LogP contribution is -2.34. The minimum absolute atomic E-state index is 0.00262. The predicted octanol–water partition coefficient (Wildman–Crippen LogP) is 5.01. The number of nitrogens with two attached hydrogens (primary N) is 1. The number of rotatable bonds is 7. The van der Waals surface area contributed by atoms with Crippen LogP contribution in [0.15, 0.2) is 53.0 Å². The number of hydrogen-bond acceptors (Lipinski definition) is 4. The molecule has 2 aromatic rings. The van der Waals surface area contributed by atoms with Crippen LogP contribution < -0.4 is 5.73 Å². The Bertz CT molecular complexity index is 1110. The maximum atomic E-state index is 13.2. The van der Waals surface area contributed by atoms with Gasteiger partial charge in [-0.25, -0.2) is 0 Å². The smallest absolute Gasteiger partial charge is 0.253 e. The van der Waals surface area contributed by atoms with E-state index in [9.17, 15) is 9.59 Å². The molecule has 1 saturated heterocycles. The van der Waals surface area contributed by atoms with E-state index in [2.05, 4.69) is 18.8 Å². The zero-order chi connectivity index (χ0) is 24.1. The van der Waals surface area contributed by atoms with Crippen molar-refractivity contribution in [3.05, 3.63) is 59.2 Å². The van der Waals surface area contributed by atoms with E-state index >= 15 is 0 Å². The Morgan fingerprint density at radius 3 is 2.26 bits per heavy atom. The van der Waals surface area contributed by atoms with Crippen molar-refractivity contribution >= 4 is 29.4 Å². The first-order chi connectivity index (χ1) is 16.5. The number of carbonyl (C=O) groups is 2. The molecule has 2 aliphatic rings. The van der Waals surface area contributed by atoms with E-state index in [4.69, 9.17) is 5.73 Å². The summed E-state index contributed by atoms with van der Waals surface area (Å²) in [6, 6.07) is 13.7. The molecule has 2 aliphatic heterocycles. The number of benzene rings is 2. The second-order valence-corrected chi connectivity index (χ2v) is 9.01. The molecule has 1 fully saturated rings. The van der Waals surface area contributed by atoms with Crippen LogP contribution in [0, 0.1) is 0 Å². The number of likely N-dealkylation sites (tertiary alicyclic amines) is 1. The molecule has 0 bridgehead atoms. The van der Waals surface area contributed by atoms with Crippen LogP contribution >= 0.6 is 0 Å². The molecule has 0 unspecified atom stereocenters. The summed E-state index contributed by atoms with van der Waals surface area (Å²) in [4.78, 5) is 34.3. The van der Waals surface area contributed by atoms with Crippen LogP contribution in [0.3, 0.4) is 0 Å². The van der Waals surface area contributed by atoms with Gasteiger partial charge >= 0.3 is 0 Å². The molecule has 178 valence electrons. The van der Waals surface area contributed by atoms with E-state index in [-0.39, 0.29) is 11.8 Å². The summed E-state index contributed by atoms with van der Waals surface area (Å²) in [6.07, 6.45) is 6.19. The van der Waals surface area contributed by atoms with E-state index in [1.807, 2.05) is 52.3 Å². The second kappa shape index (κ2) is 10.7. The summed E-state index contributed by atoms with van der Waals surface area (Å²) >= 11 is 0. The lowest BCUT2D eigenvalue weighted by atomic mass is 9.98. The molecule has 2 heterocycles. The molecule has 2 aromatic carbocycles. The fourth-order valence-corrected chi connectivity index (χ4v) is 4.71. The molecule has 2 N–H and O–H groups in total. The summed E-state index contributed by atoms with van der Waals surface area (Å²) in [7, 11) is 0. The van der Waals surface area contributed by atoms with Gasteiger partial charge in [-0.05, 0) is 55.0 Å². The van der Waals surface area contributed by atoms with E-state index in [0.29, 0.717) is 17.7 Å². The topological polar surface area (TPSA) is 79.0 Å². The molecule has 0 spiro atoms. The van der Waals surface area contributed by atoms with Crippen molar-refractivity contribution in [1.29, 1.82) is 0 Å². The van der Waals surface area contributed by atoms with E-state index in [1.165, 1.54) is 0 Å². The van der Waals surface area contributed by atoms with E-state index in [0.717, 1.165) is 79.8 Å². The summed E-state index contributed by atoms with van der Waals surface area (Å²) in [5.41, 5.74) is 11.9. The Labute approximate surface area is 202 Å². The number of fused-ring (bicyclic) bond motifs is 1. The maximum Gasteiger partial charge on any atom is 0.253 e. The summed E-state index contributed by atoms with van der Waals surface area (Å²) in [6.45, 7) is 7.29. The van der Waals surface area contributed by atoms with Crippen molar-refractivity contribution in [3.63, 3.8) is 0 Å². The number of hydrogen-bond donors (Lipinski definition) is 1. The van der Waals surface area contributed by atoms with Gasteiger partial charge < -0.3 is 15.5 Å². The molecule has 0 atom stereocenters. The fourth-order valence-electron chi connectivity index (χ4n) is 4.71. The van der Waals surface area contributed by atoms with Gasteiger partial charge in [0.1, 0.15) is 0 Å². The second-order valence-electron chi connectivity index (χ2n) is 9.01. The maximum absolute atomic E-state index is 13.2. The molecule has 0 aliphatic carbocycles. The first kappa shape index (κ1) is 23.7. The highest BCUT2D eigenvalue weighted by atomic mass is 16.2. The van der Waals surface area contributed by atoms with Crippen molar-refractivity contribution in [1.82, 2.24) is 9.80 Å². The van der Waals surface area contributed by atoms with Gasteiger partial charge in [0.25, 0.3) is 11.8 Å². The summed E-state index contributed by atoms with van der Waals surface area (Å²) in [5.74, 6) is 0.105. The van der Waals surface area contributed by atoms with Gasteiger partial charge in [-0.15, -0.1) is 0 Å². The first-order valence-corrected chi connectivity index (χ1v) is 12.4. The molecular weight excluding hydrogens is 424 g/mol. The summed E-state index contributed by atoms with van der Waals surface area (Å²) in [5, 5.41) is 0. The zero-order valence-electron chi connectivity index (χ0n) is 20.2. The molecule has 6 nitrogen and oxygen atoms in total. The molecule has 0 radical (unpaired) electrons. The number of aliphatic imine (C=N–C) groups is 1. The average molecular weight is 459 g/mol. The Morgan fingerprint density at radius 1 is 0.971 bits per heavy atom. The molecule has 2 amide bonds.